The quantitative estimate of drug-likeness (QED) is 0.599. The fourth-order valence-electron chi connectivity index (χ4n) is 2.80. The summed E-state index contributed by atoms with van der Waals surface area (Å²) in [6.45, 7) is 2.79. The van der Waals surface area contributed by atoms with E-state index in [1.165, 1.54) is 5.56 Å². The number of carbonyl (C=O) groups is 1. The summed E-state index contributed by atoms with van der Waals surface area (Å²) in [7, 11) is 0. The van der Waals surface area contributed by atoms with Gasteiger partial charge in [0.2, 0.25) is 5.91 Å². The number of hydrogen-bond acceptors (Lipinski definition) is 3. The second-order valence-electron chi connectivity index (χ2n) is 6.15. The molecule has 1 amide bonds. The van der Waals surface area contributed by atoms with Gasteiger partial charge in [-0.1, -0.05) is 61.0 Å². The van der Waals surface area contributed by atoms with Gasteiger partial charge in [0.25, 0.3) is 0 Å². The molecular weight excluding hydrogens is 364 g/mol. The molecule has 1 atom stereocenters. The molecule has 1 heterocycles. The van der Waals surface area contributed by atoms with Crippen LogP contribution in [0.1, 0.15) is 30.5 Å². The van der Waals surface area contributed by atoms with Gasteiger partial charge in [-0.05, 0) is 24.1 Å². The molecule has 0 bridgehead atoms. The second kappa shape index (κ2) is 8.97. The summed E-state index contributed by atoms with van der Waals surface area (Å²) in [5.74, 6) is 0.340. The molecule has 1 N–H and O–H groups in total. The summed E-state index contributed by atoms with van der Waals surface area (Å²) in [6, 6.07) is 17.9. The first kappa shape index (κ1) is 18.6. The summed E-state index contributed by atoms with van der Waals surface area (Å²) < 4.78 is 0. The largest absolute Gasteiger partial charge is 0.355 e. The maximum atomic E-state index is 12.3. The minimum atomic E-state index is 0.00679. The highest BCUT2D eigenvalue weighted by Crippen LogP contribution is 2.25. The van der Waals surface area contributed by atoms with Gasteiger partial charge >= 0.3 is 0 Å². The van der Waals surface area contributed by atoms with Crippen molar-refractivity contribution in [2.75, 3.05) is 6.54 Å². The van der Waals surface area contributed by atoms with Gasteiger partial charge in [0.05, 0.1) is 12.1 Å². The average molecular weight is 385 g/mol. The number of carbonyl (C=O) groups excluding carboxylic acids is 1. The molecule has 0 unspecified atom stereocenters. The minimum Gasteiger partial charge on any atom is -0.355 e. The van der Waals surface area contributed by atoms with Crippen molar-refractivity contribution in [1.82, 2.24) is 10.3 Å². The summed E-state index contributed by atoms with van der Waals surface area (Å²) in [6.07, 6.45) is 1.29. The van der Waals surface area contributed by atoms with Crippen molar-refractivity contribution >= 4 is 28.8 Å². The zero-order valence-corrected chi connectivity index (χ0v) is 16.2. The van der Waals surface area contributed by atoms with Crippen LogP contribution in [0.15, 0.2) is 60.0 Å². The number of aromatic nitrogens is 1. The van der Waals surface area contributed by atoms with Gasteiger partial charge in [-0.15, -0.1) is 11.3 Å². The molecule has 1 aromatic heterocycles. The summed E-state index contributed by atoms with van der Waals surface area (Å²) in [4.78, 5) is 16.9. The van der Waals surface area contributed by atoms with Crippen molar-refractivity contribution in [2.24, 2.45) is 0 Å². The first-order chi connectivity index (χ1) is 12.7. The zero-order chi connectivity index (χ0) is 18.4. The van der Waals surface area contributed by atoms with Crippen LogP contribution in [-0.4, -0.2) is 17.4 Å². The molecule has 0 aliphatic carbocycles. The molecule has 0 fully saturated rings. The van der Waals surface area contributed by atoms with E-state index in [-0.39, 0.29) is 5.91 Å². The molecule has 3 nitrogen and oxygen atoms in total. The monoisotopic (exact) mass is 384 g/mol. The first-order valence-corrected chi connectivity index (χ1v) is 9.93. The van der Waals surface area contributed by atoms with Crippen LogP contribution in [0.3, 0.4) is 0 Å². The molecule has 3 aromatic rings. The Morgan fingerprint density at radius 1 is 1.15 bits per heavy atom. The molecule has 5 heteroatoms. The average Bonchev–Trinajstić information content (AvgIpc) is 3.12. The van der Waals surface area contributed by atoms with Crippen molar-refractivity contribution in [2.45, 2.75) is 25.7 Å². The Bertz CT molecular complexity index is 846. The Morgan fingerprint density at radius 2 is 1.88 bits per heavy atom. The highest BCUT2D eigenvalue weighted by atomic mass is 35.5. The van der Waals surface area contributed by atoms with Crippen molar-refractivity contribution in [3.05, 3.63) is 76.3 Å². The summed E-state index contributed by atoms with van der Waals surface area (Å²) in [5, 5.41) is 6.59. The highest BCUT2D eigenvalue weighted by molar-refractivity contribution is 7.13. The standard InChI is InChI=1S/C21H21ClN2OS/c1-2-15(16-6-4-3-5-7-16)13-23-20(25)12-19-14-26-21(24-19)17-8-10-18(22)11-9-17/h3-11,14-15H,2,12-13H2,1H3,(H,23,25)/t15-/m0/s1. The Balaban J connectivity index is 1.56. The van der Waals surface area contributed by atoms with E-state index in [1.807, 2.05) is 47.8 Å². The number of hydrogen-bond donors (Lipinski definition) is 1. The number of halogens is 1. The van der Waals surface area contributed by atoms with Crippen molar-refractivity contribution in [3.63, 3.8) is 0 Å². The molecule has 3 rings (SSSR count). The lowest BCUT2D eigenvalue weighted by Gasteiger charge is -2.16. The van der Waals surface area contributed by atoms with E-state index in [1.54, 1.807) is 11.3 Å². The molecule has 134 valence electrons. The minimum absolute atomic E-state index is 0.00679. The van der Waals surface area contributed by atoms with E-state index in [4.69, 9.17) is 11.6 Å². The zero-order valence-electron chi connectivity index (χ0n) is 14.6. The molecule has 0 aliphatic heterocycles. The van der Waals surface area contributed by atoms with E-state index in [9.17, 15) is 4.79 Å². The van der Waals surface area contributed by atoms with Crippen LogP contribution in [0, 0.1) is 0 Å². The van der Waals surface area contributed by atoms with Crippen molar-refractivity contribution in [3.8, 4) is 10.6 Å². The van der Waals surface area contributed by atoms with Gasteiger partial charge in [0, 0.05) is 28.4 Å². The number of amides is 1. The number of rotatable bonds is 7. The van der Waals surface area contributed by atoms with Crippen LogP contribution in [0.25, 0.3) is 10.6 Å². The Kier molecular flexibility index (Phi) is 6.42. The molecule has 0 radical (unpaired) electrons. The van der Waals surface area contributed by atoms with Crippen LogP contribution < -0.4 is 5.32 Å². The topological polar surface area (TPSA) is 42.0 Å². The van der Waals surface area contributed by atoms with Gasteiger partial charge in [0.15, 0.2) is 0 Å². The third-order valence-corrected chi connectivity index (χ3v) is 5.49. The van der Waals surface area contributed by atoms with Crippen LogP contribution in [0.4, 0.5) is 0 Å². The van der Waals surface area contributed by atoms with Gasteiger partial charge in [-0.3, -0.25) is 4.79 Å². The highest BCUT2D eigenvalue weighted by Gasteiger charge is 2.13. The third kappa shape index (κ3) is 4.93. The lowest BCUT2D eigenvalue weighted by Crippen LogP contribution is -2.29. The van der Waals surface area contributed by atoms with Crippen molar-refractivity contribution in [1.29, 1.82) is 0 Å². The fourth-order valence-corrected chi connectivity index (χ4v) is 3.75. The van der Waals surface area contributed by atoms with Crippen LogP contribution in [0.2, 0.25) is 5.02 Å². The van der Waals surface area contributed by atoms with Crippen molar-refractivity contribution < 1.29 is 4.79 Å². The van der Waals surface area contributed by atoms with Gasteiger partial charge in [0.1, 0.15) is 5.01 Å². The number of thiazole rings is 1. The number of benzene rings is 2. The van der Waals surface area contributed by atoms with E-state index < -0.39 is 0 Å². The lowest BCUT2D eigenvalue weighted by atomic mass is 9.96. The van der Waals surface area contributed by atoms with Gasteiger partial charge < -0.3 is 5.32 Å². The van der Waals surface area contributed by atoms with Gasteiger partial charge in [-0.2, -0.15) is 0 Å². The van der Waals surface area contributed by atoms with Crippen LogP contribution in [0.5, 0.6) is 0 Å². The molecule has 0 saturated carbocycles. The summed E-state index contributed by atoms with van der Waals surface area (Å²) in [5.41, 5.74) is 3.07. The predicted octanol–water partition coefficient (Wildman–Crippen LogP) is 5.32. The molecule has 0 aliphatic rings. The van der Waals surface area contributed by atoms with E-state index in [2.05, 4.69) is 29.4 Å². The third-order valence-electron chi connectivity index (χ3n) is 4.29. The SMILES string of the molecule is CC[C@@H](CNC(=O)Cc1csc(-c2ccc(Cl)cc2)n1)c1ccccc1. The van der Waals surface area contributed by atoms with E-state index in [0.717, 1.165) is 22.7 Å². The second-order valence-corrected chi connectivity index (χ2v) is 7.44. The maximum absolute atomic E-state index is 12.3. The summed E-state index contributed by atoms with van der Waals surface area (Å²) >= 11 is 7.46. The Morgan fingerprint density at radius 3 is 2.58 bits per heavy atom. The van der Waals surface area contributed by atoms with E-state index in [0.29, 0.717) is 23.9 Å². The normalized spacial score (nSPS) is 11.9. The molecule has 2 aromatic carbocycles. The van der Waals surface area contributed by atoms with Crippen LogP contribution >= 0.6 is 22.9 Å². The molecule has 0 spiro atoms. The Hall–Kier alpha value is -2.17. The fraction of sp³-hybridized carbons (Fsp3) is 0.238. The maximum Gasteiger partial charge on any atom is 0.226 e. The lowest BCUT2D eigenvalue weighted by molar-refractivity contribution is -0.120. The number of nitrogens with one attached hydrogen (secondary N) is 1. The van der Waals surface area contributed by atoms with Crippen LogP contribution in [-0.2, 0) is 11.2 Å². The number of nitrogens with zero attached hydrogens (tertiary/aromatic N) is 1. The van der Waals surface area contributed by atoms with E-state index >= 15 is 0 Å². The smallest absolute Gasteiger partial charge is 0.226 e. The Labute approximate surface area is 163 Å². The van der Waals surface area contributed by atoms with Gasteiger partial charge in [-0.25, -0.2) is 4.98 Å². The molecule has 0 saturated heterocycles. The molecular formula is C21H21ClN2OS. The first-order valence-electron chi connectivity index (χ1n) is 8.67. The predicted molar refractivity (Wildman–Crippen MR) is 109 cm³/mol. The molecule has 26 heavy (non-hydrogen) atoms.